The number of carbonyl (C=O) groups is 2. The van der Waals surface area contributed by atoms with Crippen molar-refractivity contribution in [2.45, 2.75) is 19.9 Å². The molecule has 0 aliphatic carbocycles. The lowest BCUT2D eigenvalue weighted by Crippen LogP contribution is -2.43. The molecule has 0 heterocycles. The zero-order chi connectivity index (χ0) is 16.1. The van der Waals surface area contributed by atoms with Gasteiger partial charge in [-0.15, -0.1) is 0 Å². The average molecular weight is 297 g/mol. The van der Waals surface area contributed by atoms with Crippen molar-refractivity contribution < 1.29 is 14.7 Å². The van der Waals surface area contributed by atoms with Gasteiger partial charge in [0, 0.05) is 6.08 Å². The maximum Gasteiger partial charge on any atom is 0.326 e. The molecular weight excluding hydrogens is 278 g/mol. The Bertz CT molecular complexity index is 714. The first kappa shape index (κ1) is 15.8. The molecule has 0 fully saturated rings. The van der Waals surface area contributed by atoms with Gasteiger partial charge in [0.15, 0.2) is 0 Å². The van der Waals surface area contributed by atoms with E-state index in [-0.39, 0.29) is 5.92 Å². The predicted octanol–water partition coefficient (Wildman–Crippen LogP) is 3.08. The number of carboxylic acids is 1. The maximum absolute atomic E-state index is 11.9. The minimum absolute atomic E-state index is 0.174. The van der Waals surface area contributed by atoms with Crippen molar-refractivity contribution in [3.05, 3.63) is 54.1 Å². The highest BCUT2D eigenvalue weighted by Crippen LogP contribution is 2.19. The Kier molecular flexibility index (Phi) is 4.94. The molecule has 0 aliphatic heterocycles. The number of hydrogen-bond acceptors (Lipinski definition) is 2. The van der Waals surface area contributed by atoms with Crippen LogP contribution >= 0.6 is 0 Å². The van der Waals surface area contributed by atoms with Crippen molar-refractivity contribution in [2.75, 3.05) is 0 Å². The Balaban J connectivity index is 2.17. The Morgan fingerprint density at radius 1 is 1.09 bits per heavy atom. The molecule has 4 heteroatoms. The number of carboxylic acid groups (broad SMARTS) is 1. The third-order valence-corrected chi connectivity index (χ3v) is 3.47. The molecule has 2 aromatic carbocycles. The van der Waals surface area contributed by atoms with Crippen LogP contribution in [-0.2, 0) is 9.59 Å². The van der Waals surface area contributed by atoms with Crippen LogP contribution in [0.25, 0.3) is 16.8 Å². The van der Waals surface area contributed by atoms with Crippen LogP contribution < -0.4 is 5.32 Å². The number of rotatable bonds is 5. The van der Waals surface area contributed by atoms with Crippen LogP contribution in [0.5, 0.6) is 0 Å². The third kappa shape index (κ3) is 3.73. The Hall–Kier alpha value is -2.62. The lowest BCUT2D eigenvalue weighted by molar-refractivity contribution is -0.142. The summed E-state index contributed by atoms with van der Waals surface area (Å²) in [6, 6.07) is 12.9. The summed E-state index contributed by atoms with van der Waals surface area (Å²) in [6.07, 6.45) is 3.08. The van der Waals surface area contributed by atoms with E-state index in [1.807, 2.05) is 42.5 Å². The van der Waals surface area contributed by atoms with E-state index in [1.165, 1.54) is 6.08 Å². The van der Waals surface area contributed by atoms with Crippen LogP contribution in [0.1, 0.15) is 19.4 Å². The van der Waals surface area contributed by atoms with Gasteiger partial charge in [-0.05, 0) is 28.3 Å². The molecule has 0 unspecified atom stereocenters. The second kappa shape index (κ2) is 6.89. The number of nitrogens with one attached hydrogen (secondary N) is 1. The van der Waals surface area contributed by atoms with Crippen molar-refractivity contribution in [3.8, 4) is 0 Å². The molecule has 2 rings (SSSR count). The van der Waals surface area contributed by atoms with Gasteiger partial charge in [0.1, 0.15) is 6.04 Å². The van der Waals surface area contributed by atoms with Crippen LogP contribution in [-0.4, -0.2) is 23.0 Å². The predicted molar refractivity (Wildman–Crippen MR) is 87.4 cm³/mol. The van der Waals surface area contributed by atoms with Crippen LogP contribution in [0.3, 0.4) is 0 Å². The number of benzene rings is 2. The smallest absolute Gasteiger partial charge is 0.326 e. The monoisotopic (exact) mass is 297 g/mol. The Morgan fingerprint density at radius 3 is 2.45 bits per heavy atom. The average Bonchev–Trinajstić information content (AvgIpc) is 2.49. The standard InChI is InChI=1S/C18H19NO3/c1-12(2)17(18(21)22)19-16(20)11-10-14-8-5-7-13-6-3-4-9-15(13)14/h3-12,17H,1-2H3,(H,19,20)(H,21,22)/b11-10+/t17-/m0/s1. The molecule has 2 N–H and O–H groups in total. The number of carbonyl (C=O) groups excluding carboxylic acids is 1. The molecule has 114 valence electrons. The van der Waals surface area contributed by atoms with Gasteiger partial charge in [-0.25, -0.2) is 4.79 Å². The number of hydrogen-bond donors (Lipinski definition) is 2. The maximum atomic E-state index is 11.9. The van der Waals surface area contributed by atoms with E-state index in [2.05, 4.69) is 5.32 Å². The van der Waals surface area contributed by atoms with Gasteiger partial charge in [0.25, 0.3) is 0 Å². The molecule has 2 aromatic rings. The highest BCUT2D eigenvalue weighted by Gasteiger charge is 2.22. The molecule has 1 atom stereocenters. The summed E-state index contributed by atoms with van der Waals surface area (Å²) >= 11 is 0. The van der Waals surface area contributed by atoms with Crippen LogP contribution in [0.15, 0.2) is 48.5 Å². The van der Waals surface area contributed by atoms with Gasteiger partial charge in [-0.1, -0.05) is 56.3 Å². The minimum atomic E-state index is -1.03. The first-order chi connectivity index (χ1) is 10.5. The second-order valence-electron chi connectivity index (χ2n) is 5.47. The zero-order valence-corrected chi connectivity index (χ0v) is 12.6. The summed E-state index contributed by atoms with van der Waals surface area (Å²) in [5.41, 5.74) is 0.921. The van der Waals surface area contributed by atoms with Crippen LogP contribution in [0.4, 0.5) is 0 Å². The van der Waals surface area contributed by atoms with Gasteiger partial charge < -0.3 is 10.4 Å². The summed E-state index contributed by atoms with van der Waals surface area (Å²) in [4.78, 5) is 23.0. The topological polar surface area (TPSA) is 66.4 Å². The second-order valence-corrected chi connectivity index (χ2v) is 5.47. The molecular formula is C18H19NO3. The number of aliphatic carboxylic acids is 1. The van der Waals surface area contributed by atoms with Crippen molar-refractivity contribution in [1.82, 2.24) is 5.32 Å². The highest BCUT2D eigenvalue weighted by molar-refractivity contribution is 5.98. The molecule has 4 nitrogen and oxygen atoms in total. The largest absolute Gasteiger partial charge is 0.480 e. The van der Waals surface area contributed by atoms with E-state index in [4.69, 9.17) is 5.11 Å². The molecule has 0 aromatic heterocycles. The molecule has 0 spiro atoms. The fraction of sp³-hybridized carbons (Fsp3) is 0.222. The molecule has 22 heavy (non-hydrogen) atoms. The number of amides is 1. The quantitative estimate of drug-likeness (QED) is 0.833. The molecule has 0 radical (unpaired) electrons. The highest BCUT2D eigenvalue weighted by atomic mass is 16.4. The Labute approximate surface area is 129 Å². The SMILES string of the molecule is CC(C)[C@H](NC(=O)/C=C/c1cccc2ccccc12)C(=O)O. The summed E-state index contributed by atoms with van der Waals surface area (Å²) in [7, 11) is 0. The van der Waals surface area contributed by atoms with Gasteiger partial charge >= 0.3 is 5.97 Å². The van der Waals surface area contributed by atoms with Gasteiger partial charge in [-0.2, -0.15) is 0 Å². The molecule has 0 bridgehead atoms. The summed E-state index contributed by atoms with van der Waals surface area (Å²) in [6.45, 7) is 3.51. The van der Waals surface area contributed by atoms with E-state index in [1.54, 1.807) is 19.9 Å². The van der Waals surface area contributed by atoms with E-state index >= 15 is 0 Å². The molecule has 0 saturated heterocycles. The molecule has 1 amide bonds. The van der Waals surface area contributed by atoms with Crippen molar-refractivity contribution >= 4 is 28.7 Å². The first-order valence-corrected chi connectivity index (χ1v) is 7.18. The van der Waals surface area contributed by atoms with Crippen molar-refractivity contribution in [2.24, 2.45) is 5.92 Å². The lowest BCUT2D eigenvalue weighted by atomic mass is 10.0. The zero-order valence-electron chi connectivity index (χ0n) is 12.6. The van der Waals surface area contributed by atoms with Gasteiger partial charge in [-0.3, -0.25) is 4.79 Å². The number of fused-ring (bicyclic) bond motifs is 1. The van der Waals surface area contributed by atoms with Gasteiger partial charge in [0.2, 0.25) is 5.91 Å². The molecule has 0 aliphatic rings. The summed E-state index contributed by atoms with van der Waals surface area (Å²) in [5.74, 6) is -1.61. The van der Waals surface area contributed by atoms with Crippen molar-refractivity contribution in [1.29, 1.82) is 0 Å². The van der Waals surface area contributed by atoms with E-state index in [0.29, 0.717) is 0 Å². The summed E-state index contributed by atoms with van der Waals surface area (Å²) in [5, 5.41) is 13.7. The van der Waals surface area contributed by atoms with E-state index < -0.39 is 17.9 Å². The lowest BCUT2D eigenvalue weighted by Gasteiger charge is -2.16. The van der Waals surface area contributed by atoms with Gasteiger partial charge in [0.05, 0.1) is 0 Å². The van der Waals surface area contributed by atoms with E-state index in [0.717, 1.165) is 16.3 Å². The van der Waals surface area contributed by atoms with Crippen LogP contribution in [0, 0.1) is 5.92 Å². The third-order valence-electron chi connectivity index (χ3n) is 3.47. The fourth-order valence-electron chi connectivity index (χ4n) is 2.28. The summed E-state index contributed by atoms with van der Waals surface area (Å²) < 4.78 is 0. The van der Waals surface area contributed by atoms with E-state index in [9.17, 15) is 9.59 Å². The minimum Gasteiger partial charge on any atom is -0.480 e. The molecule has 0 saturated carbocycles. The Morgan fingerprint density at radius 2 is 1.77 bits per heavy atom. The fourth-order valence-corrected chi connectivity index (χ4v) is 2.28. The normalized spacial score (nSPS) is 12.7. The van der Waals surface area contributed by atoms with Crippen molar-refractivity contribution in [3.63, 3.8) is 0 Å². The van der Waals surface area contributed by atoms with Crippen LogP contribution in [0.2, 0.25) is 0 Å². The first-order valence-electron chi connectivity index (χ1n) is 7.18.